The van der Waals surface area contributed by atoms with E-state index in [1.165, 1.54) is 24.3 Å². The van der Waals surface area contributed by atoms with Gasteiger partial charge >= 0.3 is 0 Å². The summed E-state index contributed by atoms with van der Waals surface area (Å²) >= 11 is 13.1. The second-order valence-corrected chi connectivity index (χ2v) is 7.33. The van der Waals surface area contributed by atoms with Gasteiger partial charge in [0, 0.05) is 23.4 Å². The summed E-state index contributed by atoms with van der Waals surface area (Å²) in [6, 6.07) is 8.26. The van der Waals surface area contributed by atoms with Crippen molar-refractivity contribution in [1.29, 1.82) is 0 Å². The standard InChI is InChI=1S/C18H15Cl2N3O4S/c1-10(24)21-7-12-3-5-15(27-12)14-9-28-18(22-14)23-17(25)8-26-16-6-11(19)2-4-13(16)20/h2-6,9H,7-8H2,1H3,(H,21,24)(H,22,23,25). The van der Waals surface area contributed by atoms with Gasteiger partial charge in [-0.1, -0.05) is 23.2 Å². The minimum absolute atomic E-state index is 0.141. The summed E-state index contributed by atoms with van der Waals surface area (Å²) in [5, 5.41) is 8.29. The van der Waals surface area contributed by atoms with Gasteiger partial charge in [-0.25, -0.2) is 4.98 Å². The van der Waals surface area contributed by atoms with Crippen molar-refractivity contribution in [3.63, 3.8) is 0 Å². The molecule has 2 aromatic heterocycles. The number of hydrogen-bond donors (Lipinski definition) is 2. The Morgan fingerprint density at radius 3 is 2.86 bits per heavy atom. The molecule has 0 saturated carbocycles. The van der Waals surface area contributed by atoms with E-state index in [2.05, 4.69) is 15.6 Å². The molecule has 0 aliphatic rings. The number of halogens is 2. The van der Waals surface area contributed by atoms with Crippen LogP contribution in [0, 0.1) is 0 Å². The van der Waals surface area contributed by atoms with Crippen LogP contribution in [-0.4, -0.2) is 23.4 Å². The van der Waals surface area contributed by atoms with Gasteiger partial charge < -0.3 is 14.5 Å². The van der Waals surface area contributed by atoms with Gasteiger partial charge in [0.2, 0.25) is 5.91 Å². The normalized spacial score (nSPS) is 10.5. The predicted molar refractivity (Wildman–Crippen MR) is 108 cm³/mol. The van der Waals surface area contributed by atoms with Gasteiger partial charge in [0.15, 0.2) is 17.5 Å². The van der Waals surface area contributed by atoms with E-state index in [9.17, 15) is 9.59 Å². The van der Waals surface area contributed by atoms with Gasteiger partial charge in [-0.05, 0) is 24.3 Å². The Kier molecular flexibility index (Phi) is 6.56. The van der Waals surface area contributed by atoms with E-state index in [0.717, 1.165) is 0 Å². The summed E-state index contributed by atoms with van der Waals surface area (Å²) in [5.74, 6) is 0.946. The Bertz CT molecular complexity index is 1000. The van der Waals surface area contributed by atoms with Crippen LogP contribution in [-0.2, 0) is 16.1 Å². The molecule has 0 radical (unpaired) electrons. The van der Waals surface area contributed by atoms with Crippen molar-refractivity contribution in [2.24, 2.45) is 0 Å². The van der Waals surface area contributed by atoms with Gasteiger partial charge in [0.25, 0.3) is 5.91 Å². The van der Waals surface area contributed by atoms with Crippen molar-refractivity contribution >= 4 is 51.5 Å². The third kappa shape index (κ3) is 5.48. The van der Waals surface area contributed by atoms with Gasteiger partial charge in [-0.15, -0.1) is 11.3 Å². The van der Waals surface area contributed by atoms with Crippen LogP contribution in [0.25, 0.3) is 11.5 Å². The number of nitrogens with one attached hydrogen (secondary N) is 2. The number of nitrogens with zero attached hydrogens (tertiary/aromatic N) is 1. The van der Waals surface area contributed by atoms with Crippen LogP contribution in [0.2, 0.25) is 10.0 Å². The van der Waals surface area contributed by atoms with Crippen LogP contribution in [0.15, 0.2) is 40.1 Å². The van der Waals surface area contributed by atoms with Crippen molar-refractivity contribution in [2.45, 2.75) is 13.5 Å². The number of carbonyl (C=O) groups is 2. The van der Waals surface area contributed by atoms with Crippen LogP contribution in [0.3, 0.4) is 0 Å². The van der Waals surface area contributed by atoms with Crippen LogP contribution in [0.5, 0.6) is 5.75 Å². The molecule has 10 heteroatoms. The largest absolute Gasteiger partial charge is 0.482 e. The van der Waals surface area contributed by atoms with Crippen LogP contribution in [0.1, 0.15) is 12.7 Å². The molecule has 0 spiro atoms. The maximum absolute atomic E-state index is 12.1. The molecular formula is C18H15Cl2N3O4S. The first kappa shape index (κ1) is 20.2. The quantitative estimate of drug-likeness (QED) is 0.570. The van der Waals surface area contributed by atoms with Gasteiger partial charge in [0.05, 0.1) is 11.6 Å². The summed E-state index contributed by atoms with van der Waals surface area (Å²) in [7, 11) is 0. The minimum atomic E-state index is -0.386. The molecule has 146 valence electrons. The monoisotopic (exact) mass is 439 g/mol. The zero-order valence-corrected chi connectivity index (χ0v) is 17.0. The van der Waals surface area contributed by atoms with E-state index in [0.29, 0.717) is 44.7 Å². The number of ether oxygens (including phenoxy) is 1. The Morgan fingerprint density at radius 2 is 2.07 bits per heavy atom. The molecule has 0 aliphatic heterocycles. The summed E-state index contributed by atoms with van der Waals surface area (Å²) in [6.07, 6.45) is 0. The molecule has 0 saturated heterocycles. The number of thiazole rings is 1. The van der Waals surface area contributed by atoms with Gasteiger partial charge in [0.1, 0.15) is 17.2 Å². The Labute approximate surface area is 174 Å². The predicted octanol–water partition coefficient (Wildman–Crippen LogP) is 4.36. The third-order valence-corrected chi connectivity index (χ3v) is 4.73. The second kappa shape index (κ2) is 9.09. The molecule has 2 amide bonds. The van der Waals surface area contributed by atoms with Crippen molar-refractivity contribution in [2.75, 3.05) is 11.9 Å². The molecule has 0 unspecified atom stereocenters. The molecule has 0 fully saturated rings. The van der Waals surface area contributed by atoms with E-state index in [1.807, 2.05) is 0 Å². The highest BCUT2D eigenvalue weighted by Crippen LogP contribution is 2.28. The number of aromatic nitrogens is 1. The molecule has 28 heavy (non-hydrogen) atoms. The topological polar surface area (TPSA) is 93.5 Å². The molecule has 3 aromatic rings. The highest BCUT2D eigenvalue weighted by atomic mass is 35.5. The lowest BCUT2D eigenvalue weighted by Gasteiger charge is -2.07. The summed E-state index contributed by atoms with van der Waals surface area (Å²) in [5.41, 5.74) is 0.577. The van der Waals surface area contributed by atoms with Crippen LogP contribution >= 0.6 is 34.5 Å². The number of hydrogen-bond acceptors (Lipinski definition) is 6. The minimum Gasteiger partial charge on any atom is -0.482 e. The highest BCUT2D eigenvalue weighted by molar-refractivity contribution is 7.14. The molecule has 0 aliphatic carbocycles. The van der Waals surface area contributed by atoms with Gasteiger partial charge in [-0.2, -0.15) is 0 Å². The van der Waals surface area contributed by atoms with E-state index in [-0.39, 0.29) is 18.4 Å². The SMILES string of the molecule is CC(=O)NCc1ccc(-c2csc(NC(=O)COc3cc(Cl)ccc3Cl)n2)o1. The fourth-order valence-corrected chi connectivity index (χ4v) is 3.20. The van der Waals surface area contributed by atoms with Crippen LogP contribution < -0.4 is 15.4 Å². The zero-order chi connectivity index (χ0) is 20.1. The molecule has 1 aromatic carbocycles. The summed E-state index contributed by atoms with van der Waals surface area (Å²) in [4.78, 5) is 27.3. The highest BCUT2D eigenvalue weighted by Gasteiger charge is 2.12. The Morgan fingerprint density at radius 1 is 1.25 bits per heavy atom. The zero-order valence-electron chi connectivity index (χ0n) is 14.6. The maximum atomic E-state index is 12.1. The number of carbonyl (C=O) groups excluding carboxylic acids is 2. The first-order valence-electron chi connectivity index (χ1n) is 8.07. The first-order valence-corrected chi connectivity index (χ1v) is 9.71. The van der Waals surface area contributed by atoms with Crippen molar-refractivity contribution in [3.8, 4) is 17.2 Å². The number of furan rings is 1. The molecule has 3 rings (SSSR count). The fraction of sp³-hybridized carbons (Fsp3) is 0.167. The van der Waals surface area contributed by atoms with E-state index in [1.54, 1.807) is 29.6 Å². The van der Waals surface area contributed by atoms with E-state index in [4.69, 9.17) is 32.4 Å². The average molecular weight is 440 g/mol. The number of amides is 2. The summed E-state index contributed by atoms with van der Waals surface area (Å²) in [6.45, 7) is 1.49. The maximum Gasteiger partial charge on any atom is 0.264 e. The average Bonchev–Trinajstić information content (AvgIpc) is 3.30. The lowest BCUT2D eigenvalue weighted by Crippen LogP contribution is -2.20. The lowest BCUT2D eigenvalue weighted by atomic mass is 10.3. The van der Waals surface area contributed by atoms with Crippen molar-refractivity contribution in [1.82, 2.24) is 10.3 Å². The smallest absolute Gasteiger partial charge is 0.264 e. The first-order chi connectivity index (χ1) is 13.4. The molecule has 0 atom stereocenters. The number of anilines is 1. The van der Waals surface area contributed by atoms with Gasteiger partial charge in [-0.3, -0.25) is 14.9 Å². The Hall–Kier alpha value is -2.55. The van der Waals surface area contributed by atoms with Crippen molar-refractivity contribution in [3.05, 3.63) is 51.5 Å². The second-order valence-electron chi connectivity index (χ2n) is 5.63. The van der Waals surface area contributed by atoms with Crippen LogP contribution in [0.4, 0.5) is 5.13 Å². The molecule has 7 nitrogen and oxygen atoms in total. The molecular weight excluding hydrogens is 425 g/mol. The molecule has 2 heterocycles. The van der Waals surface area contributed by atoms with E-state index >= 15 is 0 Å². The summed E-state index contributed by atoms with van der Waals surface area (Å²) < 4.78 is 11.0. The number of rotatable bonds is 7. The third-order valence-electron chi connectivity index (χ3n) is 3.43. The fourth-order valence-electron chi connectivity index (χ4n) is 2.15. The molecule has 0 bridgehead atoms. The molecule has 2 N–H and O–H groups in total. The van der Waals surface area contributed by atoms with Crippen molar-refractivity contribution < 1.29 is 18.7 Å². The van der Waals surface area contributed by atoms with E-state index < -0.39 is 0 Å². The number of benzene rings is 1. The lowest BCUT2D eigenvalue weighted by molar-refractivity contribution is -0.119. The Balaban J connectivity index is 1.56.